The molecule has 5 rings (SSSR count). The number of rotatable bonds is 7. The third-order valence-corrected chi connectivity index (χ3v) is 6.38. The molecule has 3 heterocycles. The molecule has 2 aliphatic rings. The van der Waals surface area contributed by atoms with Gasteiger partial charge in [-0.05, 0) is 62.0 Å². The second-order valence-corrected chi connectivity index (χ2v) is 8.69. The minimum absolute atomic E-state index is 0.238. The van der Waals surface area contributed by atoms with E-state index in [2.05, 4.69) is 31.6 Å². The summed E-state index contributed by atoms with van der Waals surface area (Å²) >= 11 is 0. The Morgan fingerprint density at radius 2 is 1.94 bits per heavy atom. The molecule has 0 bridgehead atoms. The molecular formula is C25H27FN6O. The molecule has 0 radical (unpaired) electrons. The van der Waals surface area contributed by atoms with Gasteiger partial charge in [-0.1, -0.05) is 18.2 Å². The SMILES string of the molecule is NC(=O)c1cnc(Nc2ccc(CN3CCCC3)cn2)cc1NC1CCc2cccc(F)c21. The van der Waals surface area contributed by atoms with Crippen molar-refractivity contribution in [1.29, 1.82) is 0 Å². The third kappa shape index (κ3) is 4.66. The van der Waals surface area contributed by atoms with Gasteiger partial charge in [0.1, 0.15) is 17.5 Å². The standard InChI is InChI=1S/C25H27FN6O/c26-19-5-3-4-17-7-8-20(24(17)19)30-21-12-23(29-14-18(21)25(27)33)31-22-9-6-16(13-28-22)15-32-10-1-2-11-32/h3-6,9,12-14,20H,1-2,7-8,10-11,15H2,(H2,27,33)(H2,28,29,30,31). The van der Waals surface area contributed by atoms with Gasteiger partial charge in [-0.25, -0.2) is 14.4 Å². The third-order valence-electron chi connectivity index (χ3n) is 6.38. The minimum atomic E-state index is -0.590. The lowest BCUT2D eigenvalue weighted by Crippen LogP contribution is -2.18. The number of halogens is 1. The predicted octanol–water partition coefficient (Wildman–Crippen LogP) is 4.15. The van der Waals surface area contributed by atoms with Gasteiger partial charge in [0.2, 0.25) is 0 Å². The van der Waals surface area contributed by atoms with Crippen LogP contribution >= 0.6 is 0 Å². The van der Waals surface area contributed by atoms with Gasteiger partial charge < -0.3 is 16.4 Å². The van der Waals surface area contributed by atoms with Gasteiger partial charge in [-0.2, -0.15) is 0 Å². The van der Waals surface area contributed by atoms with Crippen LogP contribution in [0.4, 0.5) is 21.7 Å². The van der Waals surface area contributed by atoms with Crippen LogP contribution in [0, 0.1) is 5.82 Å². The van der Waals surface area contributed by atoms with Crippen molar-refractivity contribution in [3.8, 4) is 0 Å². The van der Waals surface area contributed by atoms with Crippen molar-refractivity contribution < 1.29 is 9.18 Å². The molecule has 3 aromatic rings. The number of pyridine rings is 2. The average molecular weight is 447 g/mol. The number of anilines is 3. The molecule has 2 aromatic heterocycles. The number of carbonyl (C=O) groups is 1. The predicted molar refractivity (Wildman–Crippen MR) is 126 cm³/mol. The van der Waals surface area contributed by atoms with Gasteiger partial charge in [-0.15, -0.1) is 0 Å². The molecule has 1 aromatic carbocycles. The number of primary amides is 1. The summed E-state index contributed by atoms with van der Waals surface area (Å²) in [6.45, 7) is 3.19. The van der Waals surface area contributed by atoms with E-state index in [4.69, 9.17) is 5.73 Å². The monoisotopic (exact) mass is 446 g/mol. The molecule has 7 nitrogen and oxygen atoms in total. The van der Waals surface area contributed by atoms with Crippen molar-refractivity contribution in [2.45, 2.75) is 38.3 Å². The number of benzene rings is 1. The van der Waals surface area contributed by atoms with Crippen LogP contribution < -0.4 is 16.4 Å². The van der Waals surface area contributed by atoms with E-state index in [0.717, 1.165) is 38.0 Å². The molecule has 0 spiro atoms. The summed E-state index contributed by atoms with van der Waals surface area (Å²) in [6, 6.07) is 10.6. The number of carbonyl (C=O) groups excluding carboxylic acids is 1. The topological polar surface area (TPSA) is 96.2 Å². The zero-order valence-electron chi connectivity index (χ0n) is 18.4. The zero-order chi connectivity index (χ0) is 22.8. The molecule has 1 aliphatic heterocycles. The summed E-state index contributed by atoms with van der Waals surface area (Å²) in [5.41, 5.74) is 9.16. The van der Waals surface area contributed by atoms with Crippen LogP contribution in [0.1, 0.15) is 52.4 Å². The van der Waals surface area contributed by atoms with Gasteiger partial charge >= 0.3 is 0 Å². The first-order chi connectivity index (χ1) is 16.1. The van der Waals surface area contributed by atoms with Crippen molar-refractivity contribution in [2.75, 3.05) is 23.7 Å². The normalized spacial score (nSPS) is 17.7. The van der Waals surface area contributed by atoms with Crippen LogP contribution in [0.5, 0.6) is 0 Å². The molecule has 170 valence electrons. The van der Waals surface area contributed by atoms with Crippen molar-refractivity contribution in [1.82, 2.24) is 14.9 Å². The Balaban J connectivity index is 1.34. The summed E-state index contributed by atoms with van der Waals surface area (Å²) in [7, 11) is 0. The van der Waals surface area contributed by atoms with Gasteiger partial charge in [0.15, 0.2) is 0 Å². The first-order valence-electron chi connectivity index (χ1n) is 11.3. The molecular weight excluding hydrogens is 419 g/mol. The van der Waals surface area contributed by atoms with E-state index < -0.39 is 5.91 Å². The van der Waals surface area contributed by atoms with Crippen molar-refractivity contribution in [3.63, 3.8) is 0 Å². The van der Waals surface area contributed by atoms with E-state index in [1.807, 2.05) is 18.3 Å². The second kappa shape index (κ2) is 9.15. The van der Waals surface area contributed by atoms with E-state index in [1.165, 1.54) is 30.7 Å². The number of hydrogen-bond donors (Lipinski definition) is 3. The number of nitrogens with two attached hydrogens (primary N) is 1. The Hall–Kier alpha value is -3.52. The lowest BCUT2D eigenvalue weighted by Gasteiger charge is -2.19. The minimum Gasteiger partial charge on any atom is -0.377 e. The lowest BCUT2D eigenvalue weighted by atomic mass is 10.1. The molecule has 1 fully saturated rings. The summed E-state index contributed by atoms with van der Waals surface area (Å²) < 4.78 is 14.5. The van der Waals surface area contributed by atoms with Gasteiger partial charge in [0.05, 0.1) is 17.3 Å². The fraction of sp³-hybridized carbons (Fsp3) is 0.320. The maximum atomic E-state index is 14.5. The smallest absolute Gasteiger partial charge is 0.252 e. The van der Waals surface area contributed by atoms with Crippen LogP contribution in [0.2, 0.25) is 0 Å². The van der Waals surface area contributed by atoms with E-state index in [0.29, 0.717) is 22.9 Å². The van der Waals surface area contributed by atoms with E-state index in [9.17, 15) is 9.18 Å². The number of likely N-dealkylation sites (tertiary alicyclic amines) is 1. The van der Waals surface area contributed by atoms with Crippen molar-refractivity contribution in [2.24, 2.45) is 5.73 Å². The number of aromatic nitrogens is 2. The van der Waals surface area contributed by atoms with E-state index in [-0.39, 0.29) is 17.4 Å². The maximum Gasteiger partial charge on any atom is 0.252 e. The largest absolute Gasteiger partial charge is 0.377 e. The van der Waals surface area contributed by atoms with Gasteiger partial charge in [0, 0.05) is 30.6 Å². The number of nitrogens with zero attached hydrogens (tertiary/aromatic N) is 3. The zero-order valence-corrected chi connectivity index (χ0v) is 18.4. The second-order valence-electron chi connectivity index (χ2n) is 8.69. The molecule has 0 saturated carbocycles. The highest BCUT2D eigenvalue weighted by molar-refractivity contribution is 5.98. The number of amides is 1. The molecule has 8 heteroatoms. The Kier molecular flexibility index (Phi) is 5.92. The lowest BCUT2D eigenvalue weighted by molar-refractivity contribution is 0.100. The van der Waals surface area contributed by atoms with E-state index >= 15 is 0 Å². The quantitative estimate of drug-likeness (QED) is 0.505. The molecule has 4 N–H and O–H groups in total. The Bertz CT molecular complexity index is 1160. The molecule has 33 heavy (non-hydrogen) atoms. The highest BCUT2D eigenvalue weighted by Crippen LogP contribution is 2.36. The van der Waals surface area contributed by atoms with Gasteiger partial charge in [-0.3, -0.25) is 9.69 Å². The van der Waals surface area contributed by atoms with Crippen LogP contribution in [-0.4, -0.2) is 33.9 Å². The number of aryl methyl sites for hydroxylation is 1. The molecule has 1 saturated heterocycles. The Morgan fingerprint density at radius 3 is 2.70 bits per heavy atom. The molecule has 1 aliphatic carbocycles. The first kappa shape index (κ1) is 21.3. The number of fused-ring (bicyclic) bond motifs is 1. The van der Waals surface area contributed by atoms with Crippen molar-refractivity contribution in [3.05, 3.63) is 76.9 Å². The van der Waals surface area contributed by atoms with Gasteiger partial charge in [0.25, 0.3) is 5.91 Å². The number of nitrogens with one attached hydrogen (secondary N) is 2. The summed E-state index contributed by atoms with van der Waals surface area (Å²) in [6.07, 6.45) is 7.34. The maximum absolute atomic E-state index is 14.5. The van der Waals surface area contributed by atoms with Crippen LogP contribution in [0.15, 0.2) is 48.8 Å². The Labute approximate surface area is 192 Å². The summed E-state index contributed by atoms with van der Waals surface area (Å²) in [5, 5.41) is 6.50. The first-order valence-corrected chi connectivity index (χ1v) is 11.3. The number of hydrogen-bond acceptors (Lipinski definition) is 6. The van der Waals surface area contributed by atoms with Crippen LogP contribution in [-0.2, 0) is 13.0 Å². The summed E-state index contributed by atoms with van der Waals surface area (Å²) in [4.78, 5) is 23.2. The highest BCUT2D eigenvalue weighted by atomic mass is 19.1. The highest BCUT2D eigenvalue weighted by Gasteiger charge is 2.27. The fourth-order valence-electron chi connectivity index (χ4n) is 4.73. The van der Waals surface area contributed by atoms with E-state index in [1.54, 1.807) is 12.1 Å². The van der Waals surface area contributed by atoms with Crippen molar-refractivity contribution >= 4 is 23.2 Å². The molecule has 1 atom stereocenters. The molecule has 1 amide bonds. The molecule has 1 unspecified atom stereocenters. The van der Waals surface area contributed by atoms with Crippen LogP contribution in [0.25, 0.3) is 0 Å². The average Bonchev–Trinajstić information content (AvgIpc) is 3.46. The fourth-order valence-corrected chi connectivity index (χ4v) is 4.73. The summed E-state index contributed by atoms with van der Waals surface area (Å²) in [5.74, 6) is 0.346. The Morgan fingerprint density at radius 1 is 1.12 bits per heavy atom. The van der Waals surface area contributed by atoms with Crippen LogP contribution in [0.3, 0.4) is 0 Å².